The molecule has 0 aromatic heterocycles. The average Bonchev–Trinajstić information content (AvgIpc) is 3.79. The maximum absolute atomic E-state index is 12.6. The van der Waals surface area contributed by atoms with Crippen LogP contribution in [-0.4, -0.2) is 39.0 Å². The second-order valence-electron chi connectivity index (χ2n) is 8.90. The number of rotatable bonds is 0. The normalized spacial score (nSPS) is 13.6. The van der Waals surface area contributed by atoms with Crippen LogP contribution in [0.3, 0.4) is 0 Å². The van der Waals surface area contributed by atoms with Crippen molar-refractivity contribution in [3.8, 4) is 40.2 Å². The number of halogens is 4. The van der Waals surface area contributed by atoms with E-state index in [0.717, 1.165) is 46.4 Å². The molecule has 0 unspecified atom stereocenters. The maximum Gasteiger partial charge on any atom is 0.507 e. The molecule has 0 saturated carbocycles. The van der Waals surface area contributed by atoms with E-state index < -0.39 is 23.7 Å². The van der Waals surface area contributed by atoms with Crippen LogP contribution in [0.25, 0.3) is 0 Å². The largest absolute Gasteiger partial charge is 0.507 e. The van der Waals surface area contributed by atoms with Gasteiger partial charge in [0.25, 0.3) is 0 Å². The molecule has 4 aromatic rings. The Morgan fingerprint density at radius 1 is 0.351 bits per heavy atom. The molecular weight excluding hydrogens is 744 g/mol. The Hall–Kier alpha value is -4.84. The standard InChI is InChI=1S/C8H4F4O2.2C8H8O2.C7H6O2.7C2H6/c9-7(10)8(11,12)14-6-4-2-1-3-5(6)13-7;1-2-4-8-7(3-1)5-9-6-10-8;1-2-4-8-7(3-1)9-5-6-10-8;1-2-4-7-6(3-1)8-5-9-7;7*1-2/h1-4H;2*1-4H,5-6H2;1-4H,5H2;7*1-2H3. The topological polar surface area (TPSA) is 73.8 Å². The zero-order valence-corrected chi connectivity index (χ0v) is 36.6. The maximum atomic E-state index is 12.6. The van der Waals surface area contributed by atoms with Gasteiger partial charge in [0.05, 0.1) is 6.61 Å². The molecule has 0 saturated heterocycles. The van der Waals surface area contributed by atoms with Gasteiger partial charge < -0.3 is 37.9 Å². The molecule has 8 nitrogen and oxygen atoms in total. The second kappa shape index (κ2) is 35.6. The van der Waals surface area contributed by atoms with Crippen LogP contribution in [0.15, 0.2) is 97.1 Å². The number of benzene rings is 4. The van der Waals surface area contributed by atoms with E-state index in [1.165, 1.54) is 12.1 Å². The van der Waals surface area contributed by atoms with E-state index in [9.17, 15) is 17.6 Å². The highest BCUT2D eigenvalue weighted by Crippen LogP contribution is 2.46. The van der Waals surface area contributed by atoms with Crippen molar-refractivity contribution < 1.29 is 55.5 Å². The van der Waals surface area contributed by atoms with Gasteiger partial charge in [0.15, 0.2) is 41.3 Å². The minimum absolute atomic E-state index is 0.360. The second-order valence-corrected chi connectivity index (χ2v) is 8.90. The predicted octanol–water partition coefficient (Wildman–Crippen LogP) is 14.3. The van der Waals surface area contributed by atoms with Gasteiger partial charge in [0, 0.05) is 5.56 Å². The highest BCUT2D eigenvalue weighted by atomic mass is 19.3. The lowest BCUT2D eigenvalue weighted by atomic mass is 10.2. The van der Waals surface area contributed by atoms with Gasteiger partial charge in [-0.25, -0.2) is 0 Å². The molecule has 4 aliphatic rings. The van der Waals surface area contributed by atoms with Crippen molar-refractivity contribution in [1.29, 1.82) is 0 Å². The Labute approximate surface area is 340 Å². The van der Waals surface area contributed by atoms with Crippen molar-refractivity contribution in [2.75, 3.05) is 26.8 Å². The van der Waals surface area contributed by atoms with Crippen LogP contribution >= 0.6 is 0 Å². The van der Waals surface area contributed by atoms with Crippen LogP contribution in [0.1, 0.15) is 102 Å². The van der Waals surface area contributed by atoms with Crippen LogP contribution in [0.4, 0.5) is 17.6 Å². The van der Waals surface area contributed by atoms with Gasteiger partial charge in [0.2, 0.25) is 6.79 Å². The Balaban J connectivity index is -0.000000622. The number of fused-ring (bicyclic) bond motifs is 4. The van der Waals surface area contributed by atoms with E-state index in [1.54, 1.807) is 0 Å². The number of para-hydroxylation sites is 7. The molecule has 4 aliphatic heterocycles. The summed E-state index contributed by atoms with van der Waals surface area (Å²) in [4.78, 5) is 0. The molecule has 4 heterocycles. The van der Waals surface area contributed by atoms with Crippen molar-refractivity contribution in [3.05, 3.63) is 103 Å². The average molecular weight is 813 g/mol. The molecule has 324 valence electrons. The quantitative estimate of drug-likeness (QED) is 0.163. The van der Waals surface area contributed by atoms with Crippen LogP contribution < -0.4 is 33.2 Å². The molecule has 0 bridgehead atoms. The van der Waals surface area contributed by atoms with Gasteiger partial charge >= 0.3 is 12.2 Å². The Morgan fingerprint density at radius 2 is 0.632 bits per heavy atom. The van der Waals surface area contributed by atoms with Crippen molar-refractivity contribution in [2.45, 2.75) is 116 Å². The zero-order chi connectivity index (χ0) is 44.1. The number of hydrogen-bond donors (Lipinski definition) is 0. The first-order valence-electron chi connectivity index (χ1n) is 20.0. The van der Waals surface area contributed by atoms with Crippen LogP contribution in [0, 0.1) is 0 Å². The first-order chi connectivity index (χ1) is 27.8. The highest BCUT2D eigenvalue weighted by Gasteiger charge is 2.65. The molecule has 0 radical (unpaired) electrons. The Bertz CT molecular complexity index is 1350. The van der Waals surface area contributed by atoms with E-state index in [4.69, 9.17) is 28.4 Å². The van der Waals surface area contributed by atoms with Crippen LogP contribution in [0.2, 0.25) is 0 Å². The lowest BCUT2D eigenvalue weighted by Gasteiger charge is -2.31. The molecule has 0 spiro atoms. The SMILES string of the molecule is CC.CC.CC.CC.CC.CC.CC.FC1(F)Oc2ccccc2OC1(F)F.c1ccc2c(c1)COCO2.c1ccc2c(c1)OCCO2.c1ccc2c(c1)OCO2. The Kier molecular flexibility index (Phi) is 35.2. The molecule has 0 N–H and O–H groups in total. The minimum atomic E-state index is -4.64. The van der Waals surface area contributed by atoms with Gasteiger partial charge in [-0.2, -0.15) is 17.6 Å². The first-order valence-corrected chi connectivity index (χ1v) is 20.0. The minimum Gasteiger partial charge on any atom is -0.486 e. The monoisotopic (exact) mass is 812 g/mol. The lowest BCUT2D eigenvalue weighted by Crippen LogP contribution is -2.52. The lowest BCUT2D eigenvalue weighted by molar-refractivity contribution is -0.391. The summed E-state index contributed by atoms with van der Waals surface area (Å²) in [6, 6.07) is 28.2. The smallest absolute Gasteiger partial charge is 0.486 e. The number of ether oxygens (including phenoxy) is 8. The highest BCUT2D eigenvalue weighted by molar-refractivity contribution is 5.42. The molecule has 0 fully saturated rings. The summed E-state index contributed by atoms with van der Waals surface area (Å²) < 4.78 is 88.9. The zero-order valence-electron chi connectivity index (χ0n) is 36.6. The molecule has 4 aromatic carbocycles. The number of hydrogen-bond acceptors (Lipinski definition) is 8. The van der Waals surface area contributed by atoms with Crippen molar-refractivity contribution in [3.63, 3.8) is 0 Å². The summed E-state index contributed by atoms with van der Waals surface area (Å²) in [7, 11) is 0. The molecular formula is C45H68F4O8. The summed E-state index contributed by atoms with van der Waals surface area (Å²) in [5.74, 6) is 3.55. The predicted molar refractivity (Wildman–Crippen MR) is 224 cm³/mol. The molecule has 57 heavy (non-hydrogen) atoms. The molecule has 0 aliphatic carbocycles. The number of alkyl halides is 4. The van der Waals surface area contributed by atoms with E-state index in [1.807, 2.05) is 170 Å². The summed E-state index contributed by atoms with van der Waals surface area (Å²) in [5.41, 5.74) is 1.13. The van der Waals surface area contributed by atoms with Gasteiger partial charge in [-0.05, 0) is 42.5 Å². The summed E-state index contributed by atoms with van der Waals surface area (Å²) in [6.45, 7) is 30.8. The molecule has 12 heteroatoms. The molecule has 0 amide bonds. The summed E-state index contributed by atoms with van der Waals surface area (Å²) in [5, 5.41) is 0. The van der Waals surface area contributed by atoms with Gasteiger partial charge in [-0.1, -0.05) is 152 Å². The third kappa shape index (κ3) is 20.2. The van der Waals surface area contributed by atoms with Gasteiger partial charge in [-0.15, -0.1) is 0 Å². The first kappa shape index (κ1) is 56.5. The summed E-state index contributed by atoms with van der Waals surface area (Å²) >= 11 is 0. The van der Waals surface area contributed by atoms with E-state index in [0.29, 0.717) is 33.4 Å². The van der Waals surface area contributed by atoms with Crippen molar-refractivity contribution in [1.82, 2.24) is 0 Å². The van der Waals surface area contributed by atoms with E-state index >= 15 is 0 Å². The van der Waals surface area contributed by atoms with E-state index in [2.05, 4.69) is 9.47 Å². The summed E-state index contributed by atoms with van der Waals surface area (Å²) in [6.07, 6.45) is -9.28. The third-order valence-electron chi connectivity index (χ3n) is 5.92. The van der Waals surface area contributed by atoms with Crippen LogP contribution in [0.5, 0.6) is 40.2 Å². The third-order valence-corrected chi connectivity index (χ3v) is 5.92. The molecule has 0 atom stereocenters. The van der Waals surface area contributed by atoms with Gasteiger partial charge in [0.1, 0.15) is 19.0 Å². The fourth-order valence-electron chi connectivity index (χ4n) is 3.87. The van der Waals surface area contributed by atoms with Gasteiger partial charge in [-0.3, -0.25) is 0 Å². The van der Waals surface area contributed by atoms with Crippen molar-refractivity contribution in [2.24, 2.45) is 0 Å². The Morgan fingerprint density at radius 3 is 0.982 bits per heavy atom. The fraction of sp³-hybridized carbons (Fsp3) is 0.467. The van der Waals surface area contributed by atoms with Crippen molar-refractivity contribution >= 4 is 0 Å². The van der Waals surface area contributed by atoms with Crippen LogP contribution in [-0.2, 0) is 11.3 Å². The van der Waals surface area contributed by atoms with E-state index in [-0.39, 0.29) is 0 Å². The fourth-order valence-corrected chi connectivity index (χ4v) is 3.87. The molecule has 8 rings (SSSR count).